The van der Waals surface area contributed by atoms with Crippen LogP contribution in [-0.2, 0) is 4.79 Å². The average molecular weight is 415 g/mol. The second-order valence-corrected chi connectivity index (χ2v) is 8.09. The second kappa shape index (κ2) is 8.26. The van der Waals surface area contributed by atoms with Crippen LogP contribution in [0.1, 0.15) is 27.8 Å². The Labute approximate surface area is 182 Å². The fourth-order valence-corrected chi connectivity index (χ4v) is 3.85. The number of hydrogen-bond donors (Lipinski definition) is 1. The number of ether oxygens (including phenoxy) is 1. The number of anilines is 1. The maximum absolute atomic E-state index is 12.5. The molecule has 0 radical (unpaired) electrons. The van der Waals surface area contributed by atoms with Crippen LogP contribution in [0, 0.1) is 34.6 Å². The smallest absolute Gasteiger partial charge is 0.262 e. The maximum Gasteiger partial charge on any atom is 0.262 e. The molecule has 5 heteroatoms. The molecule has 0 spiro atoms. The number of hydrogen-bond acceptors (Lipinski definition) is 4. The van der Waals surface area contributed by atoms with Crippen molar-refractivity contribution < 1.29 is 13.9 Å². The molecule has 5 nitrogen and oxygen atoms in total. The molecule has 0 atom stereocenters. The SMILES string of the molecule is Cc1cc(C)cc(OCC(=O)Nc2cccc(-c3nc4cc(C)cc(C)c4o3)c2C)c1. The number of nitrogens with one attached hydrogen (secondary N) is 1. The van der Waals surface area contributed by atoms with E-state index in [2.05, 4.69) is 22.4 Å². The van der Waals surface area contributed by atoms with E-state index in [0.29, 0.717) is 17.3 Å². The van der Waals surface area contributed by atoms with Crippen LogP contribution in [0.25, 0.3) is 22.6 Å². The van der Waals surface area contributed by atoms with Gasteiger partial charge in [0.15, 0.2) is 12.2 Å². The van der Waals surface area contributed by atoms with Crippen LogP contribution in [0.5, 0.6) is 5.75 Å². The molecule has 0 saturated carbocycles. The van der Waals surface area contributed by atoms with Gasteiger partial charge in [0.1, 0.15) is 11.3 Å². The first-order chi connectivity index (χ1) is 14.8. The van der Waals surface area contributed by atoms with Crippen LogP contribution in [0.4, 0.5) is 5.69 Å². The Bertz CT molecular complexity index is 1270. The summed E-state index contributed by atoms with van der Waals surface area (Å²) in [6.45, 7) is 9.95. The largest absolute Gasteiger partial charge is 0.484 e. The molecule has 31 heavy (non-hydrogen) atoms. The van der Waals surface area contributed by atoms with Gasteiger partial charge < -0.3 is 14.5 Å². The van der Waals surface area contributed by atoms with Crippen molar-refractivity contribution in [3.63, 3.8) is 0 Å². The molecule has 4 rings (SSSR count). The zero-order valence-electron chi connectivity index (χ0n) is 18.5. The highest BCUT2D eigenvalue weighted by molar-refractivity contribution is 5.93. The van der Waals surface area contributed by atoms with Crippen molar-refractivity contribution in [3.8, 4) is 17.2 Å². The molecule has 4 aromatic rings. The first kappa shape index (κ1) is 20.7. The van der Waals surface area contributed by atoms with Crippen LogP contribution in [0.15, 0.2) is 52.9 Å². The number of carbonyl (C=O) groups is 1. The first-order valence-corrected chi connectivity index (χ1v) is 10.3. The van der Waals surface area contributed by atoms with Gasteiger partial charge in [-0.2, -0.15) is 0 Å². The molecule has 1 aromatic heterocycles. The van der Waals surface area contributed by atoms with E-state index in [1.807, 2.05) is 71.0 Å². The van der Waals surface area contributed by atoms with Crippen molar-refractivity contribution in [1.29, 1.82) is 0 Å². The molecular weight excluding hydrogens is 388 g/mol. The van der Waals surface area contributed by atoms with Crippen LogP contribution < -0.4 is 10.1 Å². The predicted molar refractivity (Wildman–Crippen MR) is 124 cm³/mol. The molecule has 3 aromatic carbocycles. The molecule has 0 aliphatic carbocycles. The van der Waals surface area contributed by atoms with Gasteiger partial charge in [-0.25, -0.2) is 4.98 Å². The highest BCUT2D eigenvalue weighted by Crippen LogP contribution is 2.32. The third-order valence-corrected chi connectivity index (χ3v) is 5.22. The lowest BCUT2D eigenvalue weighted by Crippen LogP contribution is -2.20. The number of rotatable bonds is 5. The lowest BCUT2D eigenvalue weighted by atomic mass is 10.1. The Morgan fingerprint density at radius 1 is 0.968 bits per heavy atom. The van der Waals surface area contributed by atoms with Gasteiger partial charge >= 0.3 is 0 Å². The molecule has 0 aliphatic rings. The minimum atomic E-state index is -0.219. The fourth-order valence-electron chi connectivity index (χ4n) is 3.85. The van der Waals surface area contributed by atoms with Crippen molar-refractivity contribution in [1.82, 2.24) is 4.98 Å². The van der Waals surface area contributed by atoms with Crippen LogP contribution in [-0.4, -0.2) is 17.5 Å². The number of amides is 1. The van der Waals surface area contributed by atoms with Gasteiger partial charge in [-0.3, -0.25) is 4.79 Å². The van der Waals surface area contributed by atoms with Gasteiger partial charge in [0.25, 0.3) is 5.91 Å². The average Bonchev–Trinajstić information content (AvgIpc) is 3.11. The number of oxazole rings is 1. The topological polar surface area (TPSA) is 64.4 Å². The van der Waals surface area contributed by atoms with Crippen molar-refractivity contribution >= 4 is 22.7 Å². The highest BCUT2D eigenvalue weighted by atomic mass is 16.5. The van der Waals surface area contributed by atoms with E-state index in [-0.39, 0.29) is 12.5 Å². The van der Waals surface area contributed by atoms with E-state index >= 15 is 0 Å². The summed E-state index contributed by atoms with van der Waals surface area (Å²) in [4.78, 5) is 17.2. The van der Waals surface area contributed by atoms with Crippen LogP contribution in [0.3, 0.4) is 0 Å². The van der Waals surface area contributed by atoms with Gasteiger partial charge in [0, 0.05) is 11.3 Å². The second-order valence-electron chi connectivity index (χ2n) is 8.09. The fraction of sp³-hybridized carbons (Fsp3) is 0.231. The molecule has 1 heterocycles. The Kier molecular flexibility index (Phi) is 5.51. The summed E-state index contributed by atoms with van der Waals surface area (Å²) in [5.74, 6) is 1.02. The summed E-state index contributed by atoms with van der Waals surface area (Å²) in [6.07, 6.45) is 0. The number of nitrogens with zero attached hydrogens (tertiary/aromatic N) is 1. The maximum atomic E-state index is 12.5. The summed E-state index contributed by atoms with van der Waals surface area (Å²) in [5, 5.41) is 2.94. The Morgan fingerprint density at radius 2 is 1.68 bits per heavy atom. The van der Waals surface area contributed by atoms with E-state index in [9.17, 15) is 4.79 Å². The lowest BCUT2D eigenvalue weighted by molar-refractivity contribution is -0.118. The van der Waals surface area contributed by atoms with Crippen molar-refractivity contribution in [2.45, 2.75) is 34.6 Å². The minimum Gasteiger partial charge on any atom is -0.484 e. The predicted octanol–water partition coefficient (Wildman–Crippen LogP) is 6.05. The van der Waals surface area contributed by atoms with E-state index in [1.165, 1.54) is 0 Å². The molecule has 1 amide bonds. The summed E-state index contributed by atoms with van der Waals surface area (Å²) >= 11 is 0. The van der Waals surface area contributed by atoms with E-state index in [0.717, 1.165) is 44.5 Å². The number of aryl methyl sites for hydroxylation is 4. The molecule has 0 saturated heterocycles. The van der Waals surface area contributed by atoms with Gasteiger partial charge in [-0.05, 0) is 92.8 Å². The van der Waals surface area contributed by atoms with E-state index < -0.39 is 0 Å². The normalized spacial score (nSPS) is 11.0. The molecule has 158 valence electrons. The summed E-state index contributed by atoms with van der Waals surface area (Å²) in [7, 11) is 0. The zero-order valence-corrected chi connectivity index (χ0v) is 18.5. The molecule has 0 aliphatic heterocycles. The third kappa shape index (κ3) is 4.45. The Hall–Kier alpha value is -3.60. The molecular formula is C26H26N2O3. The zero-order chi connectivity index (χ0) is 22.1. The standard InChI is InChI=1S/C26H26N2O3/c1-15-9-16(2)12-20(11-15)30-14-24(29)27-22-8-6-7-21(19(22)5)26-28-23-13-17(3)10-18(4)25(23)31-26/h6-13H,14H2,1-5H3,(H,27,29). The van der Waals surface area contributed by atoms with Gasteiger partial charge in [-0.1, -0.05) is 18.2 Å². The summed E-state index contributed by atoms with van der Waals surface area (Å²) < 4.78 is 11.7. The van der Waals surface area contributed by atoms with Crippen molar-refractivity contribution in [2.24, 2.45) is 0 Å². The third-order valence-electron chi connectivity index (χ3n) is 5.22. The van der Waals surface area contributed by atoms with Gasteiger partial charge in [-0.15, -0.1) is 0 Å². The van der Waals surface area contributed by atoms with E-state index in [4.69, 9.17) is 9.15 Å². The Morgan fingerprint density at radius 3 is 2.42 bits per heavy atom. The molecule has 0 bridgehead atoms. The van der Waals surface area contributed by atoms with Gasteiger partial charge in [0.05, 0.1) is 0 Å². The number of carbonyl (C=O) groups excluding carboxylic acids is 1. The quantitative estimate of drug-likeness (QED) is 0.431. The summed E-state index contributed by atoms with van der Waals surface area (Å²) in [6, 6.07) is 15.7. The number of fused-ring (bicyclic) bond motifs is 1. The number of aromatic nitrogens is 1. The number of benzene rings is 3. The lowest BCUT2D eigenvalue weighted by Gasteiger charge is -2.12. The van der Waals surface area contributed by atoms with E-state index in [1.54, 1.807) is 0 Å². The molecule has 0 unspecified atom stereocenters. The van der Waals surface area contributed by atoms with Crippen molar-refractivity contribution in [2.75, 3.05) is 11.9 Å². The summed E-state index contributed by atoms with van der Waals surface area (Å²) in [5.41, 5.74) is 8.47. The first-order valence-electron chi connectivity index (χ1n) is 10.3. The monoisotopic (exact) mass is 414 g/mol. The highest BCUT2D eigenvalue weighted by Gasteiger charge is 2.15. The molecule has 0 fully saturated rings. The van der Waals surface area contributed by atoms with Gasteiger partial charge in [0.2, 0.25) is 5.89 Å². The van der Waals surface area contributed by atoms with Crippen LogP contribution >= 0.6 is 0 Å². The minimum absolute atomic E-state index is 0.0616. The van der Waals surface area contributed by atoms with Crippen LogP contribution in [0.2, 0.25) is 0 Å². The van der Waals surface area contributed by atoms with Crippen molar-refractivity contribution in [3.05, 3.63) is 76.3 Å². The Balaban J connectivity index is 1.53. The molecule has 1 N–H and O–H groups in total.